The molecule has 4 aromatic carbocycles. The molecule has 0 aliphatic heterocycles. The summed E-state index contributed by atoms with van der Waals surface area (Å²) >= 11 is 19.2. The van der Waals surface area contributed by atoms with E-state index in [9.17, 15) is 28.1 Å². The molecular formula is C37H37Cl3N4O7S. The molecule has 1 aliphatic carbocycles. The molecule has 52 heavy (non-hydrogen) atoms. The van der Waals surface area contributed by atoms with E-state index >= 15 is 0 Å². The van der Waals surface area contributed by atoms with Gasteiger partial charge in [0.2, 0.25) is 11.8 Å². The van der Waals surface area contributed by atoms with Gasteiger partial charge in [-0.3, -0.25) is 24.0 Å². The maximum atomic E-state index is 14.9. The fourth-order valence-corrected chi connectivity index (χ4v) is 8.27. The zero-order chi connectivity index (χ0) is 37.6. The Hall–Kier alpha value is -4.36. The van der Waals surface area contributed by atoms with Crippen LogP contribution in [0, 0.1) is 17.0 Å². The van der Waals surface area contributed by atoms with Crippen LogP contribution in [-0.2, 0) is 32.6 Å². The molecule has 1 aliphatic rings. The first-order chi connectivity index (χ1) is 24.8. The number of ether oxygens (including phenoxy) is 1. The molecule has 0 unspecified atom stereocenters. The van der Waals surface area contributed by atoms with Gasteiger partial charge in [0.05, 0.1) is 22.6 Å². The molecule has 5 rings (SSSR count). The highest BCUT2D eigenvalue weighted by Gasteiger charge is 2.37. The van der Waals surface area contributed by atoms with Gasteiger partial charge in [0.25, 0.3) is 15.7 Å². The minimum atomic E-state index is -4.72. The lowest BCUT2D eigenvalue weighted by Gasteiger charge is -2.34. The van der Waals surface area contributed by atoms with Crippen molar-refractivity contribution in [2.24, 2.45) is 0 Å². The monoisotopic (exact) mass is 786 g/mol. The molecule has 1 saturated carbocycles. The second-order valence-corrected chi connectivity index (χ2v) is 15.6. The topological polar surface area (TPSA) is 139 Å². The molecule has 15 heteroatoms. The first kappa shape index (κ1) is 38.9. The van der Waals surface area contributed by atoms with Gasteiger partial charge in [0.1, 0.15) is 18.3 Å². The van der Waals surface area contributed by atoms with Crippen molar-refractivity contribution < 1.29 is 27.7 Å². The number of nitrogens with one attached hydrogen (secondary N) is 1. The van der Waals surface area contributed by atoms with Crippen molar-refractivity contribution in [1.29, 1.82) is 0 Å². The van der Waals surface area contributed by atoms with Crippen molar-refractivity contribution in [3.63, 3.8) is 0 Å². The van der Waals surface area contributed by atoms with Crippen LogP contribution in [0.4, 0.5) is 11.4 Å². The van der Waals surface area contributed by atoms with Crippen molar-refractivity contribution in [3.8, 4) is 5.75 Å². The Morgan fingerprint density at radius 2 is 1.63 bits per heavy atom. The van der Waals surface area contributed by atoms with Crippen molar-refractivity contribution >= 4 is 68.0 Å². The third-order valence-corrected chi connectivity index (χ3v) is 11.6. The van der Waals surface area contributed by atoms with Crippen molar-refractivity contribution in [2.45, 2.75) is 62.6 Å². The summed E-state index contributed by atoms with van der Waals surface area (Å²) in [6.07, 6.45) is 3.62. The van der Waals surface area contributed by atoms with Crippen LogP contribution in [0.15, 0.2) is 89.8 Å². The summed E-state index contributed by atoms with van der Waals surface area (Å²) in [4.78, 5) is 41.1. The predicted octanol–water partition coefficient (Wildman–Crippen LogP) is 7.77. The third-order valence-electron chi connectivity index (χ3n) is 8.98. The molecule has 11 nitrogen and oxygen atoms in total. The fraction of sp³-hybridized carbons (Fsp3) is 0.297. The summed E-state index contributed by atoms with van der Waals surface area (Å²) in [6.45, 7) is 0.466. The van der Waals surface area contributed by atoms with Gasteiger partial charge < -0.3 is 15.0 Å². The molecule has 4 aromatic rings. The van der Waals surface area contributed by atoms with Gasteiger partial charge in [0.15, 0.2) is 0 Å². The standard InChI is InChI=1S/C37H37Cl3N4O7S/c1-24-12-16-30(21-32(24)44(47)48)52(49,50)43(33-20-28(39)15-17-35(33)51-2)23-36(45)42(22-26-13-14-27(38)19-31(26)40)34(18-25-8-4-3-5-9-25)37(46)41-29-10-6-7-11-29/h3-5,8-9,12-17,19-21,29,34H,6-7,10-11,18,22-23H2,1-2H3,(H,41,46)/t34-/m0/s1. The zero-order valence-corrected chi connectivity index (χ0v) is 31.5. The number of sulfonamides is 1. The zero-order valence-electron chi connectivity index (χ0n) is 28.4. The number of nitro benzene ring substituents is 1. The van der Waals surface area contributed by atoms with E-state index < -0.39 is 49.9 Å². The van der Waals surface area contributed by atoms with E-state index in [1.54, 1.807) is 12.1 Å². The Labute approximate surface area is 317 Å². The highest BCUT2D eigenvalue weighted by atomic mass is 35.5. The van der Waals surface area contributed by atoms with Crippen molar-refractivity contribution in [2.75, 3.05) is 18.0 Å². The molecule has 1 N–H and O–H groups in total. The molecule has 0 saturated heterocycles. The van der Waals surface area contributed by atoms with E-state index in [1.807, 2.05) is 30.3 Å². The van der Waals surface area contributed by atoms with Crippen molar-refractivity contribution in [1.82, 2.24) is 10.2 Å². The lowest BCUT2D eigenvalue weighted by atomic mass is 10.0. The van der Waals surface area contributed by atoms with E-state index in [0.29, 0.717) is 10.6 Å². The van der Waals surface area contributed by atoms with Crippen LogP contribution in [0.5, 0.6) is 5.75 Å². The number of carbonyl (C=O) groups excluding carboxylic acids is 2. The molecule has 1 fully saturated rings. The number of rotatable bonds is 14. The van der Waals surface area contributed by atoms with Crippen LogP contribution in [0.3, 0.4) is 0 Å². The number of anilines is 1. The van der Waals surface area contributed by atoms with Crippen LogP contribution in [-0.4, -0.2) is 55.8 Å². The second kappa shape index (κ2) is 17.0. The van der Waals surface area contributed by atoms with E-state index in [2.05, 4.69) is 5.32 Å². The number of methoxy groups -OCH3 is 1. The Kier molecular flexibility index (Phi) is 12.7. The predicted molar refractivity (Wildman–Crippen MR) is 202 cm³/mol. The summed E-state index contributed by atoms with van der Waals surface area (Å²) in [6, 6.07) is 20.5. The number of halogens is 3. The number of hydrogen-bond donors (Lipinski definition) is 1. The lowest BCUT2D eigenvalue weighted by Crippen LogP contribution is -2.54. The first-order valence-corrected chi connectivity index (χ1v) is 19.0. The molecule has 0 bridgehead atoms. The summed E-state index contributed by atoms with van der Waals surface area (Å²) < 4.78 is 35.4. The number of nitrogens with zero attached hydrogens (tertiary/aromatic N) is 3. The van der Waals surface area contributed by atoms with E-state index in [0.717, 1.165) is 41.6 Å². The number of aryl methyl sites for hydroxylation is 1. The quantitative estimate of drug-likeness (QED) is 0.102. The number of nitro groups is 1. The number of benzene rings is 4. The third kappa shape index (κ3) is 9.16. The Morgan fingerprint density at radius 1 is 0.962 bits per heavy atom. The highest BCUT2D eigenvalue weighted by Crippen LogP contribution is 2.36. The first-order valence-electron chi connectivity index (χ1n) is 16.5. The average molecular weight is 788 g/mol. The van der Waals surface area contributed by atoms with E-state index in [1.165, 1.54) is 55.3 Å². The minimum Gasteiger partial charge on any atom is -0.495 e. The van der Waals surface area contributed by atoms with Gasteiger partial charge >= 0.3 is 0 Å². The minimum absolute atomic E-state index is 0.0643. The van der Waals surface area contributed by atoms with Crippen LogP contribution in [0.1, 0.15) is 42.4 Å². The van der Waals surface area contributed by atoms with Gasteiger partial charge in [-0.05, 0) is 67.3 Å². The van der Waals surface area contributed by atoms with Crippen LogP contribution < -0.4 is 14.4 Å². The summed E-state index contributed by atoms with van der Waals surface area (Å²) in [5.74, 6) is -1.10. The second-order valence-electron chi connectivity index (χ2n) is 12.5. The van der Waals surface area contributed by atoms with Crippen LogP contribution >= 0.6 is 34.8 Å². The molecule has 0 radical (unpaired) electrons. The number of amides is 2. The molecule has 1 atom stereocenters. The lowest BCUT2D eigenvalue weighted by molar-refractivity contribution is -0.385. The summed E-state index contributed by atoms with van der Waals surface area (Å²) in [7, 11) is -3.39. The highest BCUT2D eigenvalue weighted by molar-refractivity contribution is 7.92. The summed E-state index contributed by atoms with van der Waals surface area (Å²) in [5, 5.41) is 15.7. The van der Waals surface area contributed by atoms with Crippen molar-refractivity contribution in [3.05, 3.63) is 127 Å². The molecule has 0 spiro atoms. The van der Waals surface area contributed by atoms with Gasteiger partial charge in [-0.15, -0.1) is 0 Å². The molecule has 0 aromatic heterocycles. The van der Waals surface area contributed by atoms with Gasteiger partial charge in [-0.25, -0.2) is 8.42 Å². The maximum absolute atomic E-state index is 14.9. The largest absolute Gasteiger partial charge is 0.495 e. The summed E-state index contributed by atoms with van der Waals surface area (Å²) in [5.41, 5.74) is 0.967. The van der Waals surface area contributed by atoms with Gasteiger partial charge in [0, 0.05) is 45.7 Å². The van der Waals surface area contributed by atoms with E-state index in [-0.39, 0.29) is 46.1 Å². The van der Waals surface area contributed by atoms with E-state index in [4.69, 9.17) is 39.5 Å². The number of carbonyl (C=O) groups is 2. The SMILES string of the molecule is COc1ccc(Cl)cc1N(CC(=O)N(Cc1ccc(Cl)cc1Cl)[C@@H](Cc1ccccc1)C(=O)NC1CCCC1)S(=O)(=O)c1ccc(C)c([N+](=O)[O-])c1. The Balaban J connectivity index is 1.65. The van der Waals surface area contributed by atoms with Crippen LogP contribution in [0.2, 0.25) is 15.1 Å². The fourth-order valence-electron chi connectivity index (χ4n) is 6.20. The van der Waals surface area contributed by atoms with Gasteiger partial charge in [-0.1, -0.05) is 90.1 Å². The maximum Gasteiger partial charge on any atom is 0.273 e. The molecule has 2 amide bonds. The average Bonchev–Trinajstić information content (AvgIpc) is 3.62. The van der Waals surface area contributed by atoms with Gasteiger partial charge in [-0.2, -0.15) is 0 Å². The molecular weight excluding hydrogens is 751 g/mol. The Morgan fingerprint density at radius 3 is 2.29 bits per heavy atom. The van der Waals surface area contributed by atoms with Crippen LogP contribution in [0.25, 0.3) is 0 Å². The molecule has 274 valence electrons. The molecule has 0 heterocycles. The smallest absolute Gasteiger partial charge is 0.273 e. The normalized spacial score (nSPS) is 13.7. The number of hydrogen-bond acceptors (Lipinski definition) is 7. The Bertz CT molecular complexity index is 2060.